The van der Waals surface area contributed by atoms with E-state index in [1.807, 2.05) is 0 Å². The minimum absolute atomic E-state index is 0.00390. The molecule has 4 rings (SSSR count). The third kappa shape index (κ3) is 7.01. The van der Waals surface area contributed by atoms with Crippen LogP contribution in [0.4, 0.5) is 13.6 Å². The number of amides is 2. The largest absolute Gasteiger partial charge is 0.485 e. The van der Waals surface area contributed by atoms with E-state index in [1.165, 1.54) is 6.07 Å². The normalized spacial score (nSPS) is 12.0. The van der Waals surface area contributed by atoms with Crippen LogP contribution in [0.5, 0.6) is 5.75 Å². The number of fused-ring (bicyclic) bond motifs is 1. The molecular formula is C31H31F2N5O4. The number of carbonyl (C=O) groups is 2. The van der Waals surface area contributed by atoms with Crippen LogP contribution in [0.1, 0.15) is 65.2 Å². The number of aromatic nitrogens is 2. The molecule has 11 heteroatoms. The molecule has 9 nitrogen and oxygen atoms in total. The molecule has 0 aliphatic heterocycles. The molecule has 1 atom stereocenters. The first kappa shape index (κ1) is 30.0. The van der Waals surface area contributed by atoms with Crippen molar-refractivity contribution >= 4 is 17.6 Å². The molecule has 4 aromatic rings. The maximum absolute atomic E-state index is 14.2. The highest BCUT2D eigenvalue weighted by atomic mass is 19.1. The Balaban J connectivity index is 1.63. The number of pyridine rings is 1. The fourth-order valence-electron chi connectivity index (χ4n) is 4.33. The van der Waals surface area contributed by atoms with Gasteiger partial charge >= 0.3 is 6.09 Å². The maximum atomic E-state index is 14.2. The first-order chi connectivity index (χ1) is 19.9. The van der Waals surface area contributed by atoms with Gasteiger partial charge in [-0.25, -0.2) is 18.6 Å². The molecular weight excluding hydrogens is 544 g/mol. The number of imidazole rings is 1. The van der Waals surface area contributed by atoms with E-state index >= 15 is 0 Å². The van der Waals surface area contributed by atoms with Crippen LogP contribution >= 0.6 is 0 Å². The van der Waals surface area contributed by atoms with Crippen molar-refractivity contribution in [2.75, 3.05) is 6.54 Å². The molecule has 0 spiro atoms. The number of aryl methyl sites for hydroxylation is 2. The van der Waals surface area contributed by atoms with E-state index < -0.39 is 35.3 Å². The Hall–Kier alpha value is -4.98. The Morgan fingerprint density at radius 2 is 1.76 bits per heavy atom. The number of nitrogens with one attached hydrogen (secondary N) is 2. The molecule has 2 aromatic carbocycles. The van der Waals surface area contributed by atoms with E-state index in [4.69, 9.17) is 9.47 Å². The second kappa shape index (κ2) is 12.3. The fraction of sp³-hybridized carbons (Fsp3) is 0.290. The molecule has 2 heterocycles. The van der Waals surface area contributed by atoms with Crippen molar-refractivity contribution in [3.05, 3.63) is 100 Å². The molecule has 0 fully saturated rings. The van der Waals surface area contributed by atoms with E-state index in [0.29, 0.717) is 28.0 Å². The molecule has 218 valence electrons. The van der Waals surface area contributed by atoms with Crippen LogP contribution in [0, 0.1) is 36.8 Å². The number of ether oxygens (including phenoxy) is 2. The molecule has 42 heavy (non-hydrogen) atoms. The third-order valence-electron chi connectivity index (χ3n) is 6.24. The quantitative estimate of drug-likeness (QED) is 0.279. The standard InChI is InChI=1S/C31H31F2N5O4/c1-18-13-26(41-17-22-23(32)7-6-8-24(22)33)28-36-19(2)27(38(28)16-18)29(39)37-25(15-35-30(40)42-31(3,4)5)21-11-9-20(14-34)10-12-21/h6-13,16,25H,15,17H2,1-5H3,(H,35,40)(H,37,39). The fourth-order valence-corrected chi connectivity index (χ4v) is 4.33. The monoisotopic (exact) mass is 575 g/mol. The Bertz CT molecular complexity index is 1650. The van der Waals surface area contributed by atoms with Gasteiger partial charge in [-0.2, -0.15) is 5.26 Å². The summed E-state index contributed by atoms with van der Waals surface area (Å²) in [6.07, 6.45) is 1.06. The van der Waals surface area contributed by atoms with Crippen LogP contribution < -0.4 is 15.4 Å². The highest BCUT2D eigenvalue weighted by Crippen LogP contribution is 2.26. The van der Waals surface area contributed by atoms with Crippen molar-refractivity contribution in [1.82, 2.24) is 20.0 Å². The lowest BCUT2D eigenvalue weighted by atomic mass is 10.0. The number of nitriles is 1. The van der Waals surface area contributed by atoms with E-state index in [2.05, 4.69) is 21.7 Å². The van der Waals surface area contributed by atoms with E-state index in [9.17, 15) is 23.6 Å². The molecule has 0 saturated heterocycles. The van der Waals surface area contributed by atoms with Crippen molar-refractivity contribution in [2.24, 2.45) is 0 Å². The topological polar surface area (TPSA) is 118 Å². The van der Waals surface area contributed by atoms with Crippen LogP contribution in [-0.2, 0) is 11.3 Å². The number of alkyl carbamates (subject to hydrolysis) is 1. The Kier molecular flexibility index (Phi) is 8.76. The first-order valence-electron chi connectivity index (χ1n) is 13.2. The number of rotatable bonds is 8. The molecule has 1 unspecified atom stereocenters. The third-order valence-corrected chi connectivity index (χ3v) is 6.24. The van der Waals surface area contributed by atoms with Crippen molar-refractivity contribution in [3.8, 4) is 11.8 Å². The van der Waals surface area contributed by atoms with E-state index in [0.717, 1.165) is 12.1 Å². The highest BCUT2D eigenvalue weighted by Gasteiger charge is 2.25. The summed E-state index contributed by atoms with van der Waals surface area (Å²) in [6.45, 7) is 8.31. The number of hydrogen-bond donors (Lipinski definition) is 2. The Morgan fingerprint density at radius 1 is 1.10 bits per heavy atom. The molecule has 2 amide bonds. The van der Waals surface area contributed by atoms with E-state index in [1.54, 1.807) is 75.5 Å². The van der Waals surface area contributed by atoms with Crippen LogP contribution in [0.2, 0.25) is 0 Å². The number of carbonyl (C=O) groups excluding carboxylic acids is 2. The van der Waals surface area contributed by atoms with Crippen molar-refractivity contribution < 1.29 is 27.8 Å². The van der Waals surface area contributed by atoms with Gasteiger partial charge in [0.15, 0.2) is 11.4 Å². The molecule has 0 aliphatic carbocycles. The van der Waals surface area contributed by atoms with Gasteiger partial charge < -0.3 is 20.1 Å². The zero-order chi connectivity index (χ0) is 30.6. The summed E-state index contributed by atoms with van der Waals surface area (Å²) < 4.78 is 41.0. The van der Waals surface area contributed by atoms with Gasteiger partial charge in [-0.1, -0.05) is 18.2 Å². The first-order valence-corrected chi connectivity index (χ1v) is 13.2. The van der Waals surface area contributed by atoms with Crippen molar-refractivity contribution in [3.63, 3.8) is 0 Å². The summed E-state index contributed by atoms with van der Waals surface area (Å²) in [5, 5.41) is 14.8. The number of nitrogens with zero attached hydrogens (tertiary/aromatic N) is 3. The zero-order valence-electron chi connectivity index (χ0n) is 23.9. The SMILES string of the molecule is Cc1cc(OCc2c(F)cccc2F)c2nc(C)c(C(=O)NC(CNC(=O)OC(C)(C)C)c3ccc(C#N)cc3)n2c1. The van der Waals surface area contributed by atoms with Gasteiger partial charge in [0.1, 0.15) is 29.5 Å². The predicted octanol–water partition coefficient (Wildman–Crippen LogP) is 5.68. The lowest BCUT2D eigenvalue weighted by Crippen LogP contribution is -2.40. The summed E-state index contributed by atoms with van der Waals surface area (Å²) in [5.41, 5.74) is 1.78. The average Bonchev–Trinajstić information content (AvgIpc) is 3.25. The maximum Gasteiger partial charge on any atom is 0.407 e. The lowest BCUT2D eigenvalue weighted by Gasteiger charge is -2.23. The zero-order valence-corrected chi connectivity index (χ0v) is 23.9. The number of halogens is 2. The smallest absolute Gasteiger partial charge is 0.407 e. The molecule has 0 saturated carbocycles. The van der Waals surface area contributed by atoms with Crippen LogP contribution in [0.3, 0.4) is 0 Å². The lowest BCUT2D eigenvalue weighted by molar-refractivity contribution is 0.0519. The molecule has 0 bridgehead atoms. The predicted molar refractivity (Wildman–Crippen MR) is 151 cm³/mol. The van der Waals surface area contributed by atoms with Crippen molar-refractivity contribution in [2.45, 2.75) is 52.9 Å². The average molecular weight is 576 g/mol. The van der Waals surface area contributed by atoms with Gasteiger partial charge in [0.2, 0.25) is 0 Å². The van der Waals surface area contributed by atoms with Gasteiger partial charge in [0.05, 0.1) is 28.9 Å². The summed E-state index contributed by atoms with van der Waals surface area (Å²) in [4.78, 5) is 30.6. The van der Waals surface area contributed by atoms with Gasteiger partial charge in [-0.15, -0.1) is 0 Å². The van der Waals surface area contributed by atoms with Gasteiger partial charge in [-0.3, -0.25) is 9.20 Å². The second-order valence-corrected chi connectivity index (χ2v) is 10.8. The number of benzene rings is 2. The minimum atomic E-state index is -0.730. The molecule has 0 radical (unpaired) electrons. The summed E-state index contributed by atoms with van der Waals surface area (Å²) in [7, 11) is 0. The van der Waals surface area contributed by atoms with Crippen LogP contribution in [0.15, 0.2) is 54.7 Å². The highest BCUT2D eigenvalue weighted by molar-refractivity contribution is 5.95. The van der Waals surface area contributed by atoms with E-state index in [-0.39, 0.29) is 30.2 Å². The summed E-state index contributed by atoms with van der Waals surface area (Å²) in [6, 6.07) is 13.2. The summed E-state index contributed by atoms with van der Waals surface area (Å²) in [5.74, 6) is -1.70. The number of hydrogen-bond acceptors (Lipinski definition) is 6. The summed E-state index contributed by atoms with van der Waals surface area (Å²) >= 11 is 0. The minimum Gasteiger partial charge on any atom is -0.485 e. The molecule has 2 N–H and O–H groups in total. The van der Waals surface area contributed by atoms with Crippen molar-refractivity contribution in [1.29, 1.82) is 5.26 Å². The Morgan fingerprint density at radius 3 is 2.38 bits per heavy atom. The molecule has 0 aliphatic rings. The molecule has 2 aromatic heterocycles. The van der Waals surface area contributed by atoms with Gasteiger partial charge in [0.25, 0.3) is 5.91 Å². The van der Waals surface area contributed by atoms with Crippen LogP contribution in [0.25, 0.3) is 5.65 Å². The van der Waals surface area contributed by atoms with Gasteiger partial charge in [-0.05, 0) is 76.1 Å². The van der Waals surface area contributed by atoms with Crippen LogP contribution in [-0.4, -0.2) is 33.5 Å². The Labute approximate surface area is 242 Å². The van der Waals surface area contributed by atoms with Gasteiger partial charge in [0, 0.05) is 12.7 Å². The second-order valence-electron chi connectivity index (χ2n) is 10.8.